The zero-order chi connectivity index (χ0) is 14.7. The number of hydrogen-bond acceptors (Lipinski definition) is 5. The van der Waals surface area contributed by atoms with Crippen LogP contribution in [0.3, 0.4) is 0 Å². The average Bonchev–Trinajstić information content (AvgIpc) is 2.93. The summed E-state index contributed by atoms with van der Waals surface area (Å²) in [5.41, 5.74) is 5.20. The Bertz CT molecular complexity index is 809. The molecule has 102 valence electrons. The second-order valence-electron chi connectivity index (χ2n) is 4.33. The topological polar surface area (TPSA) is 97.1 Å². The van der Waals surface area contributed by atoms with Crippen LogP contribution in [-0.4, -0.2) is 20.8 Å². The van der Waals surface area contributed by atoms with Gasteiger partial charge in [0.05, 0.1) is 16.7 Å². The number of hydrogen-bond donors (Lipinski definition) is 3. The number of benzene rings is 2. The molecule has 0 unspecified atom stereocenters. The van der Waals surface area contributed by atoms with Crippen molar-refractivity contribution < 1.29 is 5.11 Å². The monoisotopic (exact) mass is 277 g/mol. The number of nitrogens with zero attached hydrogens (tertiary/aromatic N) is 3. The Balaban J connectivity index is 1.89. The van der Waals surface area contributed by atoms with Gasteiger partial charge in [-0.15, -0.1) is 0 Å². The lowest BCUT2D eigenvalue weighted by Crippen LogP contribution is -2.03. The smallest absolute Gasteiger partial charge is 0.203 e. The van der Waals surface area contributed by atoms with Gasteiger partial charge in [-0.1, -0.05) is 12.1 Å². The van der Waals surface area contributed by atoms with Gasteiger partial charge in [-0.25, -0.2) is 4.98 Å². The van der Waals surface area contributed by atoms with E-state index in [-0.39, 0.29) is 11.5 Å². The Hall–Kier alpha value is -3.33. The molecule has 3 rings (SSSR count). The summed E-state index contributed by atoms with van der Waals surface area (Å²) in [6.07, 6.45) is 0. The van der Waals surface area contributed by atoms with Crippen LogP contribution in [0.15, 0.2) is 53.6 Å². The summed E-state index contributed by atoms with van der Waals surface area (Å²) in [5.74, 6) is 0.576. The minimum Gasteiger partial charge on any atom is -0.508 e. The van der Waals surface area contributed by atoms with Crippen molar-refractivity contribution in [1.82, 2.24) is 9.97 Å². The third-order valence-electron chi connectivity index (χ3n) is 2.88. The fourth-order valence-corrected chi connectivity index (χ4v) is 1.85. The number of fused-ring (bicyclic) bond motifs is 1. The van der Waals surface area contributed by atoms with Crippen molar-refractivity contribution in [2.24, 2.45) is 5.10 Å². The molecule has 0 amide bonds. The van der Waals surface area contributed by atoms with Crippen molar-refractivity contribution >= 4 is 22.4 Å². The Morgan fingerprint density at radius 3 is 2.67 bits per heavy atom. The molecule has 0 saturated heterocycles. The van der Waals surface area contributed by atoms with E-state index in [9.17, 15) is 10.4 Å². The van der Waals surface area contributed by atoms with E-state index in [0.717, 1.165) is 11.0 Å². The lowest BCUT2D eigenvalue weighted by atomic mass is 10.3. The molecule has 6 heteroatoms. The van der Waals surface area contributed by atoms with Crippen LogP contribution in [-0.2, 0) is 0 Å². The van der Waals surface area contributed by atoms with Gasteiger partial charge in [0.25, 0.3) is 0 Å². The average molecular weight is 277 g/mol. The van der Waals surface area contributed by atoms with Gasteiger partial charge in [-0.05, 0) is 36.4 Å². The molecule has 0 bridgehead atoms. The maximum Gasteiger partial charge on any atom is 0.203 e. The molecule has 3 aromatic rings. The van der Waals surface area contributed by atoms with Crippen LogP contribution < -0.4 is 5.43 Å². The fraction of sp³-hybridized carbons (Fsp3) is 0. The van der Waals surface area contributed by atoms with Crippen LogP contribution in [0.25, 0.3) is 11.0 Å². The molecule has 0 aliphatic rings. The number of phenols is 1. The van der Waals surface area contributed by atoms with E-state index in [0.29, 0.717) is 11.5 Å². The van der Waals surface area contributed by atoms with Crippen molar-refractivity contribution in [1.29, 1.82) is 5.26 Å². The highest BCUT2D eigenvalue weighted by molar-refractivity contribution is 6.10. The van der Waals surface area contributed by atoms with Gasteiger partial charge in [0, 0.05) is 0 Å². The summed E-state index contributed by atoms with van der Waals surface area (Å²) in [7, 11) is 0. The van der Waals surface area contributed by atoms with E-state index < -0.39 is 0 Å². The van der Waals surface area contributed by atoms with Crippen LogP contribution in [0, 0.1) is 11.3 Å². The number of H-pyrrole nitrogens is 1. The zero-order valence-corrected chi connectivity index (χ0v) is 10.9. The lowest BCUT2D eigenvalue weighted by molar-refractivity contribution is 0.475. The molecule has 0 spiro atoms. The quantitative estimate of drug-likeness (QED) is 0.389. The number of imidazole rings is 1. The van der Waals surface area contributed by atoms with E-state index in [1.54, 1.807) is 12.1 Å². The van der Waals surface area contributed by atoms with Crippen LogP contribution >= 0.6 is 0 Å². The number of rotatable bonds is 3. The Morgan fingerprint density at radius 1 is 1.19 bits per heavy atom. The molecule has 0 fully saturated rings. The summed E-state index contributed by atoms with van der Waals surface area (Å²) in [5, 5.41) is 22.5. The second-order valence-corrected chi connectivity index (χ2v) is 4.33. The standard InChI is InChI=1S/C15H11N5O/c16-9-14(20-19-10-5-7-11(21)8-6-10)15-17-12-3-1-2-4-13(12)18-15/h1-8,19,21H,(H,17,18)/b20-14-. The van der Waals surface area contributed by atoms with Crippen LogP contribution in [0.2, 0.25) is 0 Å². The predicted molar refractivity (Wildman–Crippen MR) is 80.0 cm³/mol. The molecule has 2 aromatic carbocycles. The number of aromatic hydroxyl groups is 1. The number of nitrogens with one attached hydrogen (secondary N) is 2. The van der Waals surface area contributed by atoms with E-state index >= 15 is 0 Å². The van der Waals surface area contributed by atoms with E-state index in [1.165, 1.54) is 12.1 Å². The van der Waals surface area contributed by atoms with E-state index in [4.69, 9.17) is 0 Å². The number of para-hydroxylation sites is 2. The number of hydrazone groups is 1. The Morgan fingerprint density at radius 2 is 1.95 bits per heavy atom. The highest BCUT2D eigenvalue weighted by Crippen LogP contribution is 2.14. The largest absolute Gasteiger partial charge is 0.508 e. The van der Waals surface area contributed by atoms with Crippen molar-refractivity contribution in [3.05, 3.63) is 54.4 Å². The number of anilines is 1. The Kier molecular flexibility index (Phi) is 3.23. The van der Waals surface area contributed by atoms with Crippen LogP contribution in [0.4, 0.5) is 5.69 Å². The molecule has 1 aromatic heterocycles. The first-order chi connectivity index (χ1) is 10.3. The Labute approximate surface area is 120 Å². The van der Waals surface area contributed by atoms with Crippen molar-refractivity contribution in [3.8, 4) is 11.8 Å². The molecule has 6 nitrogen and oxygen atoms in total. The summed E-state index contributed by atoms with van der Waals surface area (Å²) in [6, 6.07) is 15.9. The lowest BCUT2D eigenvalue weighted by Gasteiger charge is -2.00. The van der Waals surface area contributed by atoms with Crippen molar-refractivity contribution in [2.75, 3.05) is 5.43 Å². The first kappa shape index (κ1) is 12.7. The predicted octanol–water partition coefficient (Wildman–Crippen LogP) is 2.61. The third kappa shape index (κ3) is 2.67. The summed E-state index contributed by atoms with van der Waals surface area (Å²) in [6.45, 7) is 0. The highest BCUT2D eigenvalue weighted by Gasteiger charge is 2.08. The van der Waals surface area contributed by atoms with Gasteiger partial charge in [-0.3, -0.25) is 5.43 Å². The molecular weight excluding hydrogens is 266 g/mol. The van der Waals surface area contributed by atoms with Gasteiger partial charge < -0.3 is 10.1 Å². The molecule has 1 heterocycles. The molecule has 0 saturated carbocycles. The maximum atomic E-state index is 9.21. The SMILES string of the molecule is N#C/C(=N/Nc1ccc(O)cc1)c1nc2ccccc2[nH]1. The fourth-order valence-electron chi connectivity index (χ4n) is 1.85. The van der Waals surface area contributed by atoms with Crippen LogP contribution in [0.1, 0.15) is 5.82 Å². The van der Waals surface area contributed by atoms with Gasteiger partial charge in [0.2, 0.25) is 5.71 Å². The first-order valence-electron chi connectivity index (χ1n) is 6.24. The molecule has 0 radical (unpaired) electrons. The van der Waals surface area contributed by atoms with Crippen LogP contribution in [0.5, 0.6) is 5.75 Å². The zero-order valence-electron chi connectivity index (χ0n) is 10.9. The normalized spacial score (nSPS) is 11.3. The molecule has 0 aliphatic carbocycles. The van der Waals surface area contributed by atoms with Crippen molar-refractivity contribution in [2.45, 2.75) is 0 Å². The highest BCUT2D eigenvalue weighted by atomic mass is 16.3. The van der Waals surface area contributed by atoms with E-state index in [1.807, 2.05) is 30.3 Å². The number of aromatic amines is 1. The molecule has 0 aliphatic heterocycles. The molecule has 21 heavy (non-hydrogen) atoms. The van der Waals surface area contributed by atoms with E-state index in [2.05, 4.69) is 20.5 Å². The molecule has 3 N–H and O–H groups in total. The third-order valence-corrected chi connectivity index (χ3v) is 2.88. The number of aromatic nitrogens is 2. The molecule has 0 atom stereocenters. The van der Waals surface area contributed by atoms with Gasteiger partial charge in [0.15, 0.2) is 5.82 Å². The first-order valence-corrected chi connectivity index (χ1v) is 6.24. The number of nitriles is 1. The number of phenolic OH excluding ortho intramolecular Hbond substituents is 1. The van der Waals surface area contributed by atoms with Gasteiger partial charge >= 0.3 is 0 Å². The van der Waals surface area contributed by atoms with Gasteiger partial charge in [-0.2, -0.15) is 10.4 Å². The van der Waals surface area contributed by atoms with Crippen molar-refractivity contribution in [3.63, 3.8) is 0 Å². The minimum absolute atomic E-state index is 0.152. The molecular formula is C15H11N5O. The maximum absolute atomic E-state index is 9.21. The summed E-state index contributed by atoms with van der Waals surface area (Å²) in [4.78, 5) is 7.37. The summed E-state index contributed by atoms with van der Waals surface area (Å²) >= 11 is 0. The van der Waals surface area contributed by atoms with Gasteiger partial charge in [0.1, 0.15) is 11.8 Å². The second kappa shape index (κ2) is 5.35. The summed E-state index contributed by atoms with van der Waals surface area (Å²) < 4.78 is 0. The minimum atomic E-state index is 0.152.